The van der Waals surface area contributed by atoms with Gasteiger partial charge < -0.3 is 14.6 Å². The Morgan fingerprint density at radius 3 is 2.45 bits per heavy atom. The molecule has 0 saturated heterocycles. The van der Waals surface area contributed by atoms with E-state index in [2.05, 4.69) is 0 Å². The summed E-state index contributed by atoms with van der Waals surface area (Å²) in [6.07, 6.45) is 2.07. The van der Waals surface area contributed by atoms with Crippen molar-refractivity contribution in [3.63, 3.8) is 0 Å². The lowest BCUT2D eigenvalue weighted by atomic mass is 10.1. The van der Waals surface area contributed by atoms with Gasteiger partial charge >= 0.3 is 5.97 Å². The van der Waals surface area contributed by atoms with Crippen molar-refractivity contribution in [2.45, 2.75) is 50.9 Å². The Morgan fingerprint density at radius 2 is 1.91 bits per heavy atom. The fourth-order valence-electron chi connectivity index (χ4n) is 2.70. The Balaban J connectivity index is 2.26. The van der Waals surface area contributed by atoms with E-state index in [1.54, 1.807) is 25.1 Å². The van der Waals surface area contributed by atoms with Crippen LogP contribution >= 0.6 is 23.2 Å². The molecule has 1 saturated carbocycles. The smallest absolute Gasteiger partial charge is 0.308 e. The zero-order chi connectivity index (χ0) is 16.2. The van der Waals surface area contributed by atoms with Crippen LogP contribution in [0.4, 0.5) is 0 Å². The molecule has 0 radical (unpaired) electrons. The molecule has 1 aliphatic carbocycles. The summed E-state index contributed by atoms with van der Waals surface area (Å²) in [4.78, 5) is 11.9. The number of ether oxygens (including phenoxy) is 2. The molecule has 1 unspecified atom stereocenters. The normalized spacial score (nSPS) is 18.2. The molecule has 1 aliphatic rings. The zero-order valence-electron chi connectivity index (χ0n) is 12.5. The molecule has 0 heterocycles. The number of esters is 1. The fraction of sp³-hybridized carbons (Fsp3) is 0.562. The SMILES string of the molecule is CCOC(=O)CC(OC1(O)CCCC1)c1c(Cl)cccc1Cl. The van der Waals surface area contributed by atoms with Crippen LogP contribution in [0.5, 0.6) is 0 Å². The zero-order valence-corrected chi connectivity index (χ0v) is 14.0. The minimum atomic E-state index is -1.24. The summed E-state index contributed by atoms with van der Waals surface area (Å²) >= 11 is 12.4. The molecule has 6 heteroatoms. The number of carbonyl (C=O) groups is 1. The second kappa shape index (κ2) is 7.64. The van der Waals surface area contributed by atoms with E-state index in [0.29, 0.717) is 28.5 Å². The predicted octanol–water partition coefficient (Wildman–Crippen LogP) is 4.27. The molecule has 0 amide bonds. The highest BCUT2D eigenvalue weighted by molar-refractivity contribution is 6.36. The number of hydrogen-bond acceptors (Lipinski definition) is 4. The van der Waals surface area contributed by atoms with Crippen LogP contribution in [0.2, 0.25) is 10.0 Å². The number of aliphatic hydroxyl groups is 1. The molecule has 1 atom stereocenters. The molecular weight excluding hydrogens is 327 g/mol. The summed E-state index contributed by atoms with van der Waals surface area (Å²) in [6, 6.07) is 5.09. The van der Waals surface area contributed by atoms with E-state index in [-0.39, 0.29) is 13.0 Å². The molecule has 2 rings (SSSR count). The first-order chi connectivity index (χ1) is 10.4. The maximum Gasteiger partial charge on any atom is 0.308 e. The number of hydrogen-bond donors (Lipinski definition) is 1. The number of carbonyl (C=O) groups excluding carboxylic acids is 1. The van der Waals surface area contributed by atoms with E-state index in [1.165, 1.54) is 0 Å². The standard InChI is InChI=1S/C16H20Cl2O4/c1-2-21-14(19)10-13(22-16(20)8-3-4-9-16)15-11(17)6-5-7-12(15)18/h5-7,13,20H,2-4,8-10H2,1H3. The summed E-state index contributed by atoms with van der Waals surface area (Å²) in [5, 5.41) is 11.3. The topological polar surface area (TPSA) is 55.8 Å². The molecule has 0 aliphatic heterocycles. The molecule has 1 aromatic carbocycles. The van der Waals surface area contributed by atoms with Crippen LogP contribution in [-0.2, 0) is 14.3 Å². The van der Waals surface area contributed by atoms with Crippen LogP contribution in [0.3, 0.4) is 0 Å². The Hall–Kier alpha value is -0.810. The molecule has 1 N–H and O–H groups in total. The van der Waals surface area contributed by atoms with Gasteiger partial charge in [0.15, 0.2) is 5.79 Å². The van der Waals surface area contributed by atoms with Gasteiger partial charge in [-0.25, -0.2) is 0 Å². The Kier molecular flexibility index (Phi) is 6.09. The third-order valence-corrected chi connectivity index (χ3v) is 4.38. The molecule has 1 fully saturated rings. The first-order valence-electron chi connectivity index (χ1n) is 7.45. The molecule has 0 spiro atoms. The van der Waals surface area contributed by atoms with Gasteiger partial charge in [0.05, 0.1) is 19.1 Å². The van der Waals surface area contributed by atoms with Crippen molar-refractivity contribution < 1.29 is 19.4 Å². The highest BCUT2D eigenvalue weighted by Crippen LogP contribution is 2.40. The van der Waals surface area contributed by atoms with Crippen LogP contribution < -0.4 is 0 Å². The van der Waals surface area contributed by atoms with Gasteiger partial charge in [-0.3, -0.25) is 4.79 Å². The fourth-order valence-corrected chi connectivity index (χ4v) is 3.34. The number of benzene rings is 1. The van der Waals surface area contributed by atoms with Gasteiger partial charge in [0.25, 0.3) is 0 Å². The minimum Gasteiger partial charge on any atom is -0.466 e. The molecule has 0 aromatic heterocycles. The molecule has 22 heavy (non-hydrogen) atoms. The van der Waals surface area contributed by atoms with Crippen molar-refractivity contribution in [1.29, 1.82) is 0 Å². The van der Waals surface area contributed by atoms with E-state index in [9.17, 15) is 9.90 Å². The Labute approximate surface area is 140 Å². The second-order valence-electron chi connectivity index (χ2n) is 5.40. The summed E-state index contributed by atoms with van der Waals surface area (Å²) in [5.74, 6) is -1.65. The lowest BCUT2D eigenvalue weighted by Gasteiger charge is -2.30. The van der Waals surface area contributed by atoms with Gasteiger partial charge in [-0.15, -0.1) is 0 Å². The number of rotatable bonds is 6. The Bertz CT molecular complexity index is 507. The van der Waals surface area contributed by atoms with Crippen molar-refractivity contribution in [2.75, 3.05) is 6.61 Å². The lowest BCUT2D eigenvalue weighted by Crippen LogP contribution is -2.31. The van der Waals surface area contributed by atoms with Crippen LogP contribution in [0, 0.1) is 0 Å². The van der Waals surface area contributed by atoms with E-state index in [0.717, 1.165) is 12.8 Å². The monoisotopic (exact) mass is 346 g/mol. The summed E-state index contributed by atoms with van der Waals surface area (Å²) in [7, 11) is 0. The maximum absolute atomic E-state index is 11.9. The van der Waals surface area contributed by atoms with Crippen molar-refractivity contribution in [1.82, 2.24) is 0 Å². The van der Waals surface area contributed by atoms with E-state index < -0.39 is 17.9 Å². The van der Waals surface area contributed by atoms with Crippen LogP contribution in [-0.4, -0.2) is 23.5 Å². The van der Waals surface area contributed by atoms with Crippen molar-refractivity contribution in [2.24, 2.45) is 0 Å². The Morgan fingerprint density at radius 1 is 1.32 bits per heavy atom. The average molecular weight is 347 g/mol. The van der Waals surface area contributed by atoms with E-state index in [4.69, 9.17) is 32.7 Å². The quantitative estimate of drug-likeness (QED) is 0.617. The van der Waals surface area contributed by atoms with E-state index >= 15 is 0 Å². The van der Waals surface area contributed by atoms with Gasteiger partial charge in [0, 0.05) is 28.5 Å². The summed E-state index contributed by atoms with van der Waals surface area (Å²) in [6.45, 7) is 2.02. The van der Waals surface area contributed by atoms with Gasteiger partial charge in [0.2, 0.25) is 0 Å². The molecule has 0 bridgehead atoms. The largest absolute Gasteiger partial charge is 0.466 e. The highest BCUT2D eigenvalue weighted by Gasteiger charge is 2.37. The van der Waals surface area contributed by atoms with Gasteiger partial charge in [0.1, 0.15) is 0 Å². The predicted molar refractivity (Wildman–Crippen MR) is 85.0 cm³/mol. The first-order valence-corrected chi connectivity index (χ1v) is 8.20. The maximum atomic E-state index is 11.9. The van der Waals surface area contributed by atoms with Crippen LogP contribution in [0.25, 0.3) is 0 Å². The summed E-state index contributed by atoms with van der Waals surface area (Å²) in [5.41, 5.74) is 0.513. The molecular formula is C16H20Cl2O4. The molecule has 4 nitrogen and oxygen atoms in total. The lowest BCUT2D eigenvalue weighted by molar-refractivity contribution is -0.229. The van der Waals surface area contributed by atoms with Crippen LogP contribution in [0.15, 0.2) is 18.2 Å². The van der Waals surface area contributed by atoms with Gasteiger partial charge in [-0.1, -0.05) is 29.3 Å². The molecule has 1 aromatic rings. The summed E-state index contributed by atoms with van der Waals surface area (Å²) < 4.78 is 10.8. The second-order valence-corrected chi connectivity index (χ2v) is 6.22. The van der Waals surface area contributed by atoms with Gasteiger partial charge in [-0.05, 0) is 31.9 Å². The average Bonchev–Trinajstić information content (AvgIpc) is 2.85. The van der Waals surface area contributed by atoms with Crippen molar-refractivity contribution in [3.8, 4) is 0 Å². The minimum absolute atomic E-state index is 0.0421. The van der Waals surface area contributed by atoms with Crippen molar-refractivity contribution in [3.05, 3.63) is 33.8 Å². The van der Waals surface area contributed by atoms with E-state index in [1.807, 2.05) is 0 Å². The van der Waals surface area contributed by atoms with Gasteiger partial charge in [-0.2, -0.15) is 0 Å². The number of halogens is 2. The van der Waals surface area contributed by atoms with Crippen LogP contribution in [0.1, 0.15) is 50.7 Å². The van der Waals surface area contributed by atoms with Crippen molar-refractivity contribution >= 4 is 29.2 Å². The molecule has 122 valence electrons. The first kappa shape index (κ1) is 17.5. The third kappa shape index (κ3) is 4.35. The highest BCUT2D eigenvalue weighted by atomic mass is 35.5. The third-order valence-electron chi connectivity index (χ3n) is 3.73.